The molecule has 2 nitrogen and oxygen atoms in total. The lowest BCUT2D eigenvalue weighted by Crippen LogP contribution is -2.45. The van der Waals surface area contributed by atoms with Crippen LogP contribution < -0.4 is 11.5 Å². The fraction of sp³-hybridized carbons (Fsp3) is 0.600. The number of rotatable bonds is 3. The topological polar surface area (TPSA) is 52.0 Å². The second-order valence-corrected chi connectivity index (χ2v) is 3.51. The smallest absolute Gasteiger partial charge is 0.0591 e. The number of hydrogen-bond donors (Lipinski definition) is 2. The zero-order valence-electron chi connectivity index (χ0n) is 7.72. The zero-order chi connectivity index (χ0) is 9.03. The fourth-order valence-corrected chi connectivity index (χ4v) is 1.47. The van der Waals surface area contributed by atoms with Crippen molar-refractivity contribution in [2.45, 2.75) is 38.1 Å². The predicted molar refractivity (Wildman–Crippen MR) is 52.5 cm³/mol. The molecule has 0 spiro atoms. The summed E-state index contributed by atoms with van der Waals surface area (Å²) in [6.45, 7) is 2.17. The summed E-state index contributed by atoms with van der Waals surface area (Å²) in [6, 6.07) is 0. The van der Waals surface area contributed by atoms with E-state index in [0.29, 0.717) is 0 Å². The van der Waals surface area contributed by atoms with E-state index >= 15 is 0 Å². The maximum Gasteiger partial charge on any atom is 0.0591 e. The van der Waals surface area contributed by atoms with E-state index in [-0.39, 0.29) is 5.54 Å². The molecule has 0 aliphatic heterocycles. The van der Waals surface area contributed by atoms with Crippen molar-refractivity contribution in [2.24, 2.45) is 11.5 Å². The summed E-state index contributed by atoms with van der Waals surface area (Å²) in [5.41, 5.74) is 12.6. The largest absolute Gasteiger partial charge is 0.401 e. The lowest BCUT2D eigenvalue weighted by Gasteiger charge is -2.30. The van der Waals surface area contributed by atoms with Crippen molar-refractivity contribution < 1.29 is 0 Å². The molecule has 12 heavy (non-hydrogen) atoms. The standard InChI is InChI=1S/C10H18N2/c1-2-3-7-10(12)8-5-4-6-9(10)11/h4-6H,2-3,7-8,11-12H2,1H3. The van der Waals surface area contributed by atoms with Crippen molar-refractivity contribution in [1.82, 2.24) is 0 Å². The Labute approximate surface area is 74.3 Å². The average Bonchev–Trinajstić information content (AvgIpc) is 2.07. The Morgan fingerprint density at radius 1 is 1.58 bits per heavy atom. The molecule has 0 radical (unpaired) electrons. The van der Waals surface area contributed by atoms with Crippen LogP contribution in [0.4, 0.5) is 0 Å². The van der Waals surface area contributed by atoms with E-state index in [4.69, 9.17) is 11.5 Å². The molecule has 1 aliphatic rings. The van der Waals surface area contributed by atoms with Crippen LogP contribution in [-0.4, -0.2) is 5.54 Å². The first-order chi connectivity index (χ1) is 5.69. The third-order valence-electron chi connectivity index (χ3n) is 2.45. The Bertz CT molecular complexity index is 206. The molecule has 0 aromatic carbocycles. The molecular weight excluding hydrogens is 148 g/mol. The molecule has 68 valence electrons. The Balaban J connectivity index is 2.58. The van der Waals surface area contributed by atoms with E-state index < -0.39 is 0 Å². The summed E-state index contributed by atoms with van der Waals surface area (Å²) in [6.07, 6.45) is 10.2. The predicted octanol–water partition coefficient (Wildman–Crippen LogP) is 1.68. The monoisotopic (exact) mass is 166 g/mol. The van der Waals surface area contributed by atoms with Crippen LogP contribution >= 0.6 is 0 Å². The van der Waals surface area contributed by atoms with Gasteiger partial charge >= 0.3 is 0 Å². The molecule has 0 bridgehead atoms. The molecule has 0 heterocycles. The maximum absolute atomic E-state index is 6.14. The summed E-state index contributed by atoms with van der Waals surface area (Å²) < 4.78 is 0. The lowest BCUT2D eigenvalue weighted by atomic mass is 9.84. The number of allylic oxidation sites excluding steroid dienone is 2. The van der Waals surface area contributed by atoms with E-state index in [1.165, 1.54) is 6.42 Å². The first-order valence-electron chi connectivity index (χ1n) is 4.61. The molecule has 0 fully saturated rings. The SMILES string of the molecule is CCCCC1(N)CC=CC=C1N. The fourth-order valence-electron chi connectivity index (χ4n) is 1.47. The van der Waals surface area contributed by atoms with E-state index in [0.717, 1.165) is 25.0 Å². The Morgan fingerprint density at radius 2 is 2.33 bits per heavy atom. The second-order valence-electron chi connectivity index (χ2n) is 3.51. The summed E-state index contributed by atoms with van der Waals surface area (Å²) in [5.74, 6) is 0. The van der Waals surface area contributed by atoms with Gasteiger partial charge in [-0.3, -0.25) is 0 Å². The van der Waals surface area contributed by atoms with Crippen molar-refractivity contribution in [3.63, 3.8) is 0 Å². The molecule has 2 heteroatoms. The summed E-state index contributed by atoms with van der Waals surface area (Å²) in [4.78, 5) is 0. The van der Waals surface area contributed by atoms with Crippen LogP contribution in [0, 0.1) is 0 Å². The number of nitrogens with two attached hydrogens (primary N) is 2. The molecule has 1 atom stereocenters. The Kier molecular flexibility index (Phi) is 2.93. The van der Waals surface area contributed by atoms with Crippen LogP contribution in [0.3, 0.4) is 0 Å². The van der Waals surface area contributed by atoms with Gasteiger partial charge in [-0.1, -0.05) is 31.9 Å². The van der Waals surface area contributed by atoms with Gasteiger partial charge in [-0.25, -0.2) is 0 Å². The van der Waals surface area contributed by atoms with Crippen LogP contribution in [-0.2, 0) is 0 Å². The van der Waals surface area contributed by atoms with Crippen molar-refractivity contribution in [3.8, 4) is 0 Å². The van der Waals surface area contributed by atoms with Gasteiger partial charge in [0.2, 0.25) is 0 Å². The molecule has 0 aromatic heterocycles. The average molecular weight is 166 g/mol. The van der Waals surface area contributed by atoms with E-state index in [1.54, 1.807) is 0 Å². The highest BCUT2D eigenvalue weighted by atomic mass is 14.8. The number of unbranched alkanes of at least 4 members (excludes halogenated alkanes) is 1. The van der Waals surface area contributed by atoms with Gasteiger partial charge in [0.25, 0.3) is 0 Å². The first kappa shape index (κ1) is 9.33. The summed E-state index contributed by atoms with van der Waals surface area (Å²) in [5, 5.41) is 0. The molecular formula is C10H18N2. The normalized spacial score (nSPS) is 28.7. The highest BCUT2D eigenvalue weighted by Crippen LogP contribution is 2.24. The Hall–Kier alpha value is -0.760. The Morgan fingerprint density at radius 3 is 2.92 bits per heavy atom. The van der Waals surface area contributed by atoms with Crippen LogP contribution in [0.15, 0.2) is 23.9 Å². The van der Waals surface area contributed by atoms with Gasteiger partial charge in [0.05, 0.1) is 5.54 Å². The summed E-state index contributed by atoms with van der Waals surface area (Å²) >= 11 is 0. The molecule has 0 saturated heterocycles. The third-order valence-corrected chi connectivity index (χ3v) is 2.45. The van der Waals surface area contributed by atoms with Gasteiger partial charge < -0.3 is 11.5 Å². The van der Waals surface area contributed by atoms with E-state index in [9.17, 15) is 0 Å². The second kappa shape index (κ2) is 3.76. The first-order valence-corrected chi connectivity index (χ1v) is 4.61. The molecule has 1 unspecified atom stereocenters. The molecule has 4 N–H and O–H groups in total. The molecule has 0 saturated carbocycles. The zero-order valence-corrected chi connectivity index (χ0v) is 7.72. The van der Waals surface area contributed by atoms with Crippen molar-refractivity contribution >= 4 is 0 Å². The van der Waals surface area contributed by atoms with Crippen LogP contribution in [0.5, 0.6) is 0 Å². The quantitative estimate of drug-likeness (QED) is 0.670. The van der Waals surface area contributed by atoms with Gasteiger partial charge in [-0.05, 0) is 18.9 Å². The molecule has 0 amide bonds. The van der Waals surface area contributed by atoms with E-state index in [2.05, 4.69) is 13.0 Å². The van der Waals surface area contributed by atoms with Gasteiger partial charge in [0, 0.05) is 5.70 Å². The highest BCUT2D eigenvalue weighted by Gasteiger charge is 2.26. The minimum atomic E-state index is -0.259. The molecule has 0 aromatic rings. The van der Waals surface area contributed by atoms with Crippen LogP contribution in [0.2, 0.25) is 0 Å². The van der Waals surface area contributed by atoms with E-state index in [1.807, 2.05) is 12.2 Å². The van der Waals surface area contributed by atoms with Crippen molar-refractivity contribution in [1.29, 1.82) is 0 Å². The maximum atomic E-state index is 6.14. The van der Waals surface area contributed by atoms with Crippen molar-refractivity contribution in [3.05, 3.63) is 23.9 Å². The van der Waals surface area contributed by atoms with Crippen LogP contribution in [0.1, 0.15) is 32.6 Å². The minimum Gasteiger partial charge on any atom is -0.401 e. The third kappa shape index (κ3) is 1.89. The number of hydrogen-bond acceptors (Lipinski definition) is 2. The van der Waals surface area contributed by atoms with Crippen molar-refractivity contribution in [2.75, 3.05) is 0 Å². The van der Waals surface area contributed by atoms with Gasteiger partial charge in [0.1, 0.15) is 0 Å². The highest BCUT2D eigenvalue weighted by molar-refractivity contribution is 5.27. The molecule has 1 rings (SSSR count). The van der Waals surface area contributed by atoms with Crippen LogP contribution in [0.25, 0.3) is 0 Å². The summed E-state index contributed by atoms with van der Waals surface area (Å²) in [7, 11) is 0. The molecule has 1 aliphatic carbocycles. The van der Waals surface area contributed by atoms with Gasteiger partial charge in [-0.2, -0.15) is 0 Å². The lowest BCUT2D eigenvalue weighted by molar-refractivity contribution is 0.437. The van der Waals surface area contributed by atoms with Gasteiger partial charge in [-0.15, -0.1) is 0 Å². The van der Waals surface area contributed by atoms with Gasteiger partial charge in [0.15, 0.2) is 0 Å². The minimum absolute atomic E-state index is 0.259.